The molecule has 0 bridgehead atoms. The molecule has 1 aliphatic heterocycles. The second kappa shape index (κ2) is 6.35. The van der Waals surface area contributed by atoms with E-state index < -0.39 is 0 Å². The Morgan fingerprint density at radius 1 is 1.44 bits per heavy atom. The molecule has 2 rings (SSSR count). The van der Waals surface area contributed by atoms with Crippen molar-refractivity contribution >= 4 is 11.3 Å². The third-order valence-electron chi connectivity index (χ3n) is 3.03. The fourth-order valence-electron chi connectivity index (χ4n) is 2.07. The second-order valence-electron chi connectivity index (χ2n) is 4.27. The van der Waals surface area contributed by atoms with E-state index in [9.17, 15) is 5.11 Å². The van der Waals surface area contributed by atoms with Crippen LogP contribution in [0.2, 0.25) is 0 Å². The SMILES string of the molecule is OC(CCCN1CCNCC1)c1cccs1. The van der Waals surface area contributed by atoms with E-state index in [0.717, 1.165) is 50.4 Å². The summed E-state index contributed by atoms with van der Waals surface area (Å²) in [4.78, 5) is 3.57. The molecule has 0 radical (unpaired) electrons. The average Bonchev–Trinajstić information content (AvgIpc) is 2.84. The molecule has 0 saturated carbocycles. The number of aliphatic hydroxyl groups is 1. The summed E-state index contributed by atoms with van der Waals surface area (Å²) in [7, 11) is 0. The Kier molecular flexibility index (Phi) is 4.78. The van der Waals surface area contributed by atoms with Gasteiger partial charge < -0.3 is 15.3 Å². The molecular weight excluding hydrogens is 220 g/mol. The van der Waals surface area contributed by atoms with Gasteiger partial charge in [0.1, 0.15) is 0 Å². The zero-order valence-electron chi connectivity index (χ0n) is 9.56. The van der Waals surface area contributed by atoms with Gasteiger partial charge in [0.05, 0.1) is 6.10 Å². The highest BCUT2D eigenvalue weighted by Gasteiger charge is 2.11. The highest BCUT2D eigenvalue weighted by atomic mass is 32.1. The number of aliphatic hydroxyl groups excluding tert-OH is 1. The standard InChI is InChI=1S/C12H20N2OS/c15-11(12-4-2-10-16-12)3-1-7-14-8-5-13-6-9-14/h2,4,10-11,13,15H,1,3,5-9H2. The van der Waals surface area contributed by atoms with E-state index in [1.807, 2.05) is 17.5 Å². The van der Waals surface area contributed by atoms with Crippen LogP contribution in [-0.2, 0) is 0 Å². The lowest BCUT2D eigenvalue weighted by Crippen LogP contribution is -2.43. The van der Waals surface area contributed by atoms with Gasteiger partial charge in [0.2, 0.25) is 0 Å². The molecule has 1 unspecified atom stereocenters. The van der Waals surface area contributed by atoms with E-state index in [2.05, 4.69) is 10.2 Å². The van der Waals surface area contributed by atoms with Gasteiger partial charge in [-0.2, -0.15) is 0 Å². The first-order valence-electron chi connectivity index (χ1n) is 6.01. The van der Waals surface area contributed by atoms with Crippen molar-refractivity contribution in [1.82, 2.24) is 10.2 Å². The molecule has 2 heterocycles. The summed E-state index contributed by atoms with van der Waals surface area (Å²) < 4.78 is 0. The third kappa shape index (κ3) is 3.56. The molecule has 1 fully saturated rings. The van der Waals surface area contributed by atoms with Crippen molar-refractivity contribution in [2.75, 3.05) is 32.7 Å². The maximum atomic E-state index is 9.92. The van der Waals surface area contributed by atoms with Crippen molar-refractivity contribution in [3.05, 3.63) is 22.4 Å². The van der Waals surface area contributed by atoms with E-state index in [4.69, 9.17) is 0 Å². The maximum absolute atomic E-state index is 9.92. The van der Waals surface area contributed by atoms with Gasteiger partial charge in [-0.05, 0) is 30.8 Å². The third-order valence-corrected chi connectivity index (χ3v) is 4.01. The van der Waals surface area contributed by atoms with Gasteiger partial charge in [-0.25, -0.2) is 0 Å². The predicted octanol–water partition coefficient (Wildman–Crippen LogP) is 1.47. The molecule has 1 aromatic rings. The maximum Gasteiger partial charge on any atom is 0.0882 e. The van der Waals surface area contributed by atoms with Gasteiger partial charge in [0.25, 0.3) is 0 Å². The van der Waals surface area contributed by atoms with Crippen molar-refractivity contribution < 1.29 is 5.11 Å². The van der Waals surface area contributed by atoms with Crippen molar-refractivity contribution in [2.24, 2.45) is 0 Å². The van der Waals surface area contributed by atoms with Crippen LogP contribution in [0, 0.1) is 0 Å². The van der Waals surface area contributed by atoms with Gasteiger partial charge in [-0.3, -0.25) is 0 Å². The molecular formula is C12H20N2OS. The minimum atomic E-state index is -0.261. The number of hydrogen-bond acceptors (Lipinski definition) is 4. The summed E-state index contributed by atoms with van der Waals surface area (Å²) in [6.07, 6.45) is 1.70. The molecule has 1 atom stereocenters. The monoisotopic (exact) mass is 240 g/mol. The zero-order valence-corrected chi connectivity index (χ0v) is 10.4. The number of hydrogen-bond donors (Lipinski definition) is 2. The highest BCUT2D eigenvalue weighted by molar-refractivity contribution is 7.10. The smallest absolute Gasteiger partial charge is 0.0882 e. The summed E-state index contributed by atoms with van der Waals surface area (Å²) in [5.41, 5.74) is 0. The number of nitrogens with zero attached hydrogens (tertiary/aromatic N) is 1. The largest absolute Gasteiger partial charge is 0.388 e. The first-order valence-corrected chi connectivity index (χ1v) is 6.89. The summed E-state index contributed by atoms with van der Waals surface area (Å²) in [5.74, 6) is 0. The number of piperazine rings is 1. The van der Waals surface area contributed by atoms with Crippen molar-refractivity contribution in [3.8, 4) is 0 Å². The molecule has 2 N–H and O–H groups in total. The Labute approximate surface area is 101 Å². The van der Waals surface area contributed by atoms with Crippen LogP contribution >= 0.6 is 11.3 Å². The molecule has 0 aromatic carbocycles. The Bertz CT molecular complexity index is 283. The van der Waals surface area contributed by atoms with Crippen molar-refractivity contribution in [3.63, 3.8) is 0 Å². The van der Waals surface area contributed by atoms with Gasteiger partial charge in [0, 0.05) is 31.1 Å². The fraction of sp³-hybridized carbons (Fsp3) is 0.667. The number of thiophene rings is 1. The molecule has 16 heavy (non-hydrogen) atoms. The van der Waals surface area contributed by atoms with Gasteiger partial charge >= 0.3 is 0 Å². The molecule has 1 saturated heterocycles. The molecule has 1 aromatic heterocycles. The first-order chi connectivity index (χ1) is 7.86. The molecule has 3 nitrogen and oxygen atoms in total. The number of rotatable bonds is 5. The van der Waals surface area contributed by atoms with Crippen LogP contribution in [0.4, 0.5) is 0 Å². The summed E-state index contributed by atoms with van der Waals surface area (Å²) in [6.45, 7) is 5.62. The lowest BCUT2D eigenvalue weighted by atomic mass is 10.1. The quantitative estimate of drug-likeness (QED) is 0.818. The Hall–Kier alpha value is -0.420. The van der Waals surface area contributed by atoms with E-state index in [-0.39, 0.29) is 6.10 Å². The van der Waals surface area contributed by atoms with Crippen LogP contribution in [0.25, 0.3) is 0 Å². The van der Waals surface area contributed by atoms with Crippen LogP contribution in [0.5, 0.6) is 0 Å². The molecule has 90 valence electrons. The van der Waals surface area contributed by atoms with Gasteiger partial charge in [0.15, 0.2) is 0 Å². The molecule has 4 heteroatoms. The van der Waals surface area contributed by atoms with Gasteiger partial charge in [-0.1, -0.05) is 6.07 Å². The van der Waals surface area contributed by atoms with Crippen LogP contribution in [0.1, 0.15) is 23.8 Å². The second-order valence-corrected chi connectivity index (χ2v) is 5.24. The molecule has 1 aliphatic rings. The zero-order chi connectivity index (χ0) is 11.2. The lowest BCUT2D eigenvalue weighted by Gasteiger charge is -2.27. The van der Waals surface area contributed by atoms with Crippen LogP contribution in [0.15, 0.2) is 17.5 Å². The van der Waals surface area contributed by atoms with E-state index in [0.29, 0.717) is 0 Å². The topological polar surface area (TPSA) is 35.5 Å². The number of nitrogens with one attached hydrogen (secondary N) is 1. The fourth-order valence-corrected chi connectivity index (χ4v) is 2.81. The molecule has 0 amide bonds. The lowest BCUT2D eigenvalue weighted by molar-refractivity contribution is 0.155. The first kappa shape index (κ1) is 12.0. The van der Waals surface area contributed by atoms with Crippen LogP contribution < -0.4 is 5.32 Å². The normalized spacial score (nSPS) is 19.8. The Morgan fingerprint density at radius 3 is 2.94 bits per heavy atom. The Morgan fingerprint density at radius 2 is 2.25 bits per heavy atom. The van der Waals surface area contributed by atoms with E-state index in [1.54, 1.807) is 11.3 Å². The minimum Gasteiger partial charge on any atom is -0.388 e. The summed E-state index contributed by atoms with van der Waals surface area (Å²) in [5, 5.41) is 15.3. The van der Waals surface area contributed by atoms with E-state index >= 15 is 0 Å². The minimum absolute atomic E-state index is 0.261. The Balaban J connectivity index is 1.63. The molecule has 0 aliphatic carbocycles. The van der Waals surface area contributed by atoms with Crippen molar-refractivity contribution in [2.45, 2.75) is 18.9 Å². The van der Waals surface area contributed by atoms with Gasteiger partial charge in [-0.15, -0.1) is 11.3 Å². The summed E-state index contributed by atoms with van der Waals surface area (Å²) in [6, 6.07) is 4.01. The van der Waals surface area contributed by atoms with Crippen molar-refractivity contribution in [1.29, 1.82) is 0 Å². The highest BCUT2D eigenvalue weighted by Crippen LogP contribution is 2.22. The van der Waals surface area contributed by atoms with Crippen LogP contribution in [-0.4, -0.2) is 42.7 Å². The average molecular weight is 240 g/mol. The van der Waals surface area contributed by atoms with E-state index in [1.165, 1.54) is 0 Å². The predicted molar refractivity (Wildman–Crippen MR) is 67.8 cm³/mol. The van der Waals surface area contributed by atoms with Crippen LogP contribution in [0.3, 0.4) is 0 Å². The molecule has 0 spiro atoms. The summed E-state index contributed by atoms with van der Waals surface area (Å²) >= 11 is 1.64.